The van der Waals surface area contributed by atoms with Crippen molar-refractivity contribution in [1.29, 1.82) is 0 Å². The molecule has 1 saturated carbocycles. The number of hydrogen-bond acceptors (Lipinski definition) is 3. The Hall–Kier alpha value is -1.27. The SMILES string of the molecule is COC(=O)C[C@@H](C)NC(=O)[C@H]1CCCC[C@@H]1C(F)(F)F. The van der Waals surface area contributed by atoms with Gasteiger partial charge in [-0.3, -0.25) is 9.59 Å². The lowest BCUT2D eigenvalue weighted by molar-refractivity contribution is -0.198. The lowest BCUT2D eigenvalue weighted by Gasteiger charge is -2.32. The number of methoxy groups -OCH3 is 1. The molecule has 0 aromatic heterocycles. The Morgan fingerprint density at radius 1 is 1.30 bits per heavy atom. The van der Waals surface area contributed by atoms with E-state index in [-0.39, 0.29) is 19.3 Å². The highest BCUT2D eigenvalue weighted by molar-refractivity contribution is 5.80. The molecule has 1 fully saturated rings. The Kier molecular flexibility index (Phi) is 5.83. The fraction of sp³-hybridized carbons (Fsp3) is 0.846. The Balaban J connectivity index is 2.62. The molecule has 1 aliphatic carbocycles. The highest BCUT2D eigenvalue weighted by Gasteiger charge is 2.48. The molecule has 1 aliphatic rings. The molecule has 0 bridgehead atoms. The monoisotopic (exact) mass is 295 g/mol. The van der Waals surface area contributed by atoms with Gasteiger partial charge in [0.05, 0.1) is 19.4 Å². The maximum Gasteiger partial charge on any atom is 0.392 e. The molecule has 1 amide bonds. The minimum Gasteiger partial charge on any atom is -0.469 e. The summed E-state index contributed by atoms with van der Waals surface area (Å²) in [5.41, 5.74) is 0. The van der Waals surface area contributed by atoms with Crippen molar-refractivity contribution in [2.75, 3.05) is 7.11 Å². The average Bonchev–Trinajstić information content (AvgIpc) is 2.37. The van der Waals surface area contributed by atoms with Gasteiger partial charge in [-0.1, -0.05) is 12.8 Å². The van der Waals surface area contributed by atoms with Crippen molar-refractivity contribution in [2.45, 2.75) is 51.2 Å². The average molecular weight is 295 g/mol. The fourth-order valence-corrected chi connectivity index (χ4v) is 2.57. The zero-order valence-electron chi connectivity index (χ0n) is 11.6. The second kappa shape index (κ2) is 6.95. The minimum atomic E-state index is -4.35. The number of amides is 1. The number of carbonyl (C=O) groups is 2. The second-order valence-electron chi connectivity index (χ2n) is 5.23. The van der Waals surface area contributed by atoms with Crippen LogP contribution in [0.5, 0.6) is 0 Å². The summed E-state index contributed by atoms with van der Waals surface area (Å²) in [7, 11) is 1.22. The molecule has 0 saturated heterocycles. The van der Waals surface area contributed by atoms with Gasteiger partial charge in [-0.05, 0) is 19.8 Å². The summed E-state index contributed by atoms with van der Waals surface area (Å²) in [6.45, 7) is 1.57. The van der Waals surface area contributed by atoms with Crippen LogP contribution in [-0.2, 0) is 14.3 Å². The van der Waals surface area contributed by atoms with Gasteiger partial charge in [0, 0.05) is 12.0 Å². The number of rotatable bonds is 4. The summed E-state index contributed by atoms with van der Waals surface area (Å²) in [6.07, 6.45) is -3.06. The van der Waals surface area contributed by atoms with Gasteiger partial charge < -0.3 is 10.1 Å². The van der Waals surface area contributed by atoms with Crippen molar-refractivity contribution >= 4 is 11.9 Å². The van der Waals surface area contributed by atoms with Crippen molar-refractivity contribution < 1.29 is 27.5 Å². The van der Waals surface area contributed by atoms with E-state index in [0.717, 1.165) is 0 Å². The normalized spacial score (nSPS) is 24.9. The molecule has 0 aromatic rings. The van der Waals surface area contributed by atoms with Crippen LogP contribution in [0.15, 0.2) is 0 Å². The largest absolute Gasteiger partial charge is 0.469 e. The lowest BCUT2D eigenvalue weighted by atomic mass is 9.78. The number of alkyl halides is 3. The van der Waals surface area contributed by atoms with E-state index in [1.807, 2.05) is 0 Å². The lowest BCUT2D eigenvalue weighted by Crippen LogP contribution is -2.45. The molecular weight excluding hydrogens is 275 g/mol. The van der Waals surface area contributed by atoms with Gasteiger partial charge in [0.2, 0.25) is 5.91 Å². The van der Waals surface area contributed by atoms with Crippen LogP contribution in [0.2, 0.25) is 0 Å². The smallest absolute Gasteiger partial charge is 0.392 e. The van der Waals surface area contributed by atoms with E-state index in [0.29, 0.717) is 12.8 Å². The van der Waals surface area contributed by atoms with E-state index in [4.69, 9.17) is 0 Å². The number of halogens is 3. The van der Waals surface area contributed by atoms with Crippen LogP contribution in [0.25, 0.3) is 0 Å². The quantitative estimate of drug-likeness (QED) is 0.810. The number of ether oxygens (including phenoxy) is 1. The predicted molar refractivity (Wildman–Crippen MR) is 65.7 cm³/mol. The predicted octanol–water partition coefficient (Wildman–Crippen LogP) is 2.42. The highest BCUT2D eigenvalue weighted by atomic mass is 19.4. The van der Waals surface area contributed by atoms with E-state index >= 15 is 0 Å². The van der Waals surface area contributed by atoms with E-state index in [2.05, 4.69) is 10.1 Å². The standard InChI is InChI=1S/C13H20F3NO3/c1-8(7-11(18)20-2)17-12(19)9-5-3-4-6-10(9)13(14,15)16/h8-10H,3-7H2,1-2H3,(H,17,19)/t8-,9+,10+/m1/s1. The third-order valence-electron chi connectivity index (χ3n) is 3.61. The van der Waals surface area contributed by atoms with E-state index < -0.39 is 35.9 Å². The number of esters is 1. The summed E-state index contributed by atoms with van der Waals surface area (Å²) in [5.74, 6) is -3.76. The summed E-state index contributed by atoms with van der Waals surface area (Å²) in [5, 5.41) is 2.48. The Morgan fingerprint density at radius 2 is 1.90 bits per heavy atom. The Bertz CT molecular complexity index is 357. The number of carbonyl (C=O) groups excluding carboxylic acids is 2. The van der Waals surface area contributed by atoms with Gasteiger partial charge in [0.1, 0.15) is 0 Å². The van der Waals surface area contributed by atoms with Gasteiger partial charge >= 0.3 is 12.1 Å². The molecule has 1 rings (SSSR count). The van der Waals surface area contributed by atoms with E-state index in [9.17, 15) is 22.8 Å². The van der Waals surface area contributed by atoms with Crippen LogP contribution in [0, 0.1) is 11.8 Å². The van der Waals surface area contributed by atoms with Crippen LogP contribution in [0.4, 0.5) is 13.2 Å². The molecular formula is C13H20F3NO3. The topological polar surface area (TPSA) is 55.4 Å². The minimum absolute atomic E-state index is 0.00697. The molecule has 0 spiro atoms. The van der Waals surface area contributed by atoms with Gasteiger partial charge in [0.15, 0.2) is 0 Å². The van der Waals surface area contributed by atoms with Crippen LogP contribution in [-0.4, -0.2) is 31.2 Å². The van der Waals surface area contributed by atoms with E-state index in [1.54, 1.807) is 6.92 Å². The Labute approximate surface area is 116 Å². The van der Waals surface area contributed by atoms with Crippen molar-refractivity contribution in [3.63, 3.8) is 0 Å². The van der Waals surface area contributed by atoms with Crippen molar-refractivity contribution in [2.24, 2.45) is 11.8 Å². The molecule has 0 aliphatic heterocycles. The summed E-state index contributed by atoms with van der Waals surface area (Å²) < 4.78 is 43.2. The third kappa shape index (κ3) is 4.68. The molecule has 4 nitrogen and oxygen atoms in total. The van der Waals surface area contributed by atoms with Crippen LogP contribution >= 0.6 is 0 Å². The highest BCUT2D eigenvalue weighted by Crippen LogP contribution is 2.41. The molecule has 1 N–H and O–H groups in total. The zero-order valence-corrected chi connectivity index (χ0v) is 11.6. The first-order chi connectivity index (χ1) is 9.25. The molecule has 0 unspecified atom stereocenters. The number of hydrogen-bond donors (Lipinski definition) is 1. The molecule has 7 heteroatoms. The van der Waals surface area contributed by atoms with Gasteiger partial charge in [0.25, 0.3) is 0 Å². The molecule has 3 atom stereocenters. The Morgan fingerprint density at radius 3 is 2.45 bits per heavy atom. The van der Waals surface area contributed by atoms with Crippen LogP contribution in [0.3, 0.4) is 0 Å². The van der Waals surface area contributed by atoms with Crippen molar-refractivity contribution in [3.05, 3.63) is 0 Å². The van der Waals surface area contributed by atoms with Gasteiger partial charge in [-0.2, -0.15) is 13.2 Å². The first-order valence-corrected chi connectivity index (χ1v) is 6.69. The number of nitrogens with one attached hydrogen (secondary N) is 1. The molecule has 116 valence electrons. The molecule has 0 aromatic carbocycles. The molecule has 0 radical (unpaired) electrons. The van der Waals surface area contributed by atoms with Crippen molar-refractivity contribution in [3.8, 4) is 0 Å². The molecule has 20 heavy (non-hydrogen) atoms. The third-order valence-corrected chi connectivity index (χ3v) is 3.61. The van der Waals surface area contributed by atoms with Gasteiger partial charge in [-0.25, -0.2) is 0 Å². The maximum atomic E-state index is 12.9. The van der Waals surface area contributed by atoms with E-state index in [1.165, 1.54) is 7.11 Å². The summed E-state index contributed by atoms with van der Waals surface area (Å²) in [6, 6.07) is -0.536. The summed E-state index contributed by atoms with van der Waals surface area (Å²) >= 11 is 0. The van der Waals surface area contributed by atoms with Crippen molar-refractivity contribution in [1.82, 2.24) is 5.32 Å². The fourth-order valence-electron chi connectivity index (χ4n) is 2.57. The molecule has 0 heterocycles. The van der Waals surface area contributed by atoms with Crippen LogP contribution in [0.1, 0.15) is 39.0 Å². The first kappa shape index (κ1) is 16.8. The second-order valence-corrected chi connectivity index (χ2v) is 5.23. The first-order valence-electron chi connectivity index (χ1n) is 6.69. The maximum absolute atomic E-state index is 12.9. The van der Waals surface area contributed by atoms with Crippen LogP contribution < -0.4 is 5.32 Å². The summed E-state index contributed by atoms with van der Waals surface area (Å²) in [4.78, 5) is 23.0. The zero-order chi connectivity index (χ0) is 15.3. The van der Waals surface area contributed by atoms with Gasteiger partial charge in [-0.15, -0.1) is 0 Å².